The third-order valence-corrected chi connectivity index (χ3v) is 10.3. The van der Waals surface area contributed by atoms with Crippen LogP contribution in [0.5, 0.6) is 0 Å². The van der Waals surface area contributed by atoms with Gasteiger partial charge in [-0.3, -0.25) is 4.79 Å². The number of anilines is 1. The van der Waals surface area contributed by atoms with E-state index in [1.807, 2.05) is 7.05 Å². The molecule has 2 aromatic carbocycles. The SMILES string of the molecule is CN1CCN(S(=O)(=O)c2ccc(NC(=O)CCc3ccc(S(=O)(=O)N4CCCC4)cc3)cc2)CC1. The summed E-state index contributed by atoms with van der Waals surface area (Å²) in [5.41, 5.74) is 1.40. The molecule has 0 unspecified atom stereocenters. The van der Waals surface area contributed by atoms with Crippen molar-refractivity contribution in [1.82, 2.24) is 13.5 Å². The van der Waals surface area contributed by atoms with Gasteiger partial charge in [-0.05, 0) is 68.3 Å². The summed E-state index contributed by atoms with van der Waals surface area (Å²) in [7, 11) is -5.03. The number of likely N-dealkylation sites (N-methyl/N-ethyl adjacent to an activating group) is 1. The second kappa shape index (κ2) is 10.8. The van der Waals surface area contributed by atoms with Gasteiger partial charge in [-0.15, -0.1) is 0 Å². The van der Waals surface area contributed by atoms with Crippen LogP contribution in [0.2, 0.25) is 0 Å². The molecule has 2 fully saturated rings. The van der Waals surface area contributed by atoms with Gasteiger partial charge < -0.3 is 10.2 Å². The Morgan fingerprint density at radius 2 is 1.23 bits per heavy atom. The molecule has 0 bridgehead atoms. The predicted octanol–water partition coefficient (Wildman–Crippen LogP) is 1.98. The average Bonchev–Trinajstić information content (AvgIpc) is 3.40. The van der Waals surface area contributed by atoms with Crippen LogP contribution in [0.4, 0.5) is 5.69 Å². The van der Waals surface area contributed by atoms with Crippen LogP contribution in [-0.2, 0) is 31.3 Å². The fourth-order valence-corrected chi connectivity index (χ4v) is 7.21. The molecule has 4 rings (SSSR count). The molecule has 0 radical (unpaired) electrons. The standard InChI is InChI=1S/C24H32N4O5S2/c1-26-16-18-28(19-17-26)35(32,33)23-11-7-21(8-12-23)25-24(29)13-6-20-4-9-22(10-5-20)34(30,31)27-14-2-3-15-27/h4-5,7-12H,2-3,6,13-19H2,1H3,(H,25,29). The van der Waals surface area contributed by atoms with Crippen molar-refractivity contribution in [1.29, 1.82) is 0 Å². The van der Waals surface area contributed by atoms with Crippen LogP contribution in [0.15, 0.2) is 58.3 Å². The van der Waals surface area contributed by atoms with E-state index >= 15 is 0 Å². The fraction of sp³-hybridized carbons (Fsp3) is 0.458. The molecule has 190 valence electrons. The first-order chi connectivity index (χ1) is 16.7. The lowest BCUT2D eigenvalue weighted by atomic mass is 10.1. The number of sulfonamides is 2. The summed E-state index contributed by atoms with van der Waals surface area (Å²) in [6.07, 6.45) is 2.47. The number of aryl methyl sites for hydroxylation is 1. The van der Waals surface area contributed by atoms with Crippen molar-refractivity contribution >= 4 is 31.6 Å². The molecule has 2 aliphatic heterocycles. The van der Waals surface area contributed by atoms with Crippen LogP contribution < -0.4 is 5.32 Å². The van der Waals surface area contributed by atoms with Gasteiger partial charge in [-0.1, -0.05) is 12.1 Å². The molecule has 35 heavy (non-hydrogen) atoms. The molecule has 1 N–H and O–H groups in total. The van der Waals surface area contributed by atoms with Crippen molar-refractivity contribution in [3.8, 4) is 0 Å². The maximum absolute atomic E-state index is 12.8. The summed E-state index contributed by atoms with van der Waals surface area (Å²) < 4.78 is 53.9. The first-order valence-corrected chi connectivity index (χ1v) is 14.7. The van der Waals surface area contributed by atoms with E-state index in [2.05, 4.69) is 10.2 Å². The van der Waals surface area contributed by atoms with E-state index in [1.165, 1.54) is 20.7 Å². The van der Waals surface area contributed by atoms with Crippen molar-refractivity contribution in [3.05, 3.63) is 54.1 Å². The van der Waals surface area contributed by atoms with Gasteiger partial charge in [-0.25, -0.2) is 16.8 Å². The number of hydrogen-bond donors (Lipinski definition) is 1. The predicted molar refractivity (Wildman–Crippen MR) is 134 cm³/mol. The quantitative estimate of drug-likeness (QED) is 0.571. The number of rotatable bonds is 8. The molecule has 2 saturated heterocycles. The molecule has 0 saturated carbocycles. The van der Waals surface area contributed by atoms with Gasteiger partial charge in [-0.2, -0.15) is 8.61 Å². The highest BCUT2D eigenvalue weighted by molar-refractivity contribution is 7.89. The number of hydrogen-bond acceptors (Lipinski definition) is 6. The number of benzene rings is 2. The zero-order valence-corrected chi connectivity index (χ0v) is 21.5. The average molecular weight is 521 g/mol. The Balaban J connectivity index is 1.29. The number of carbonyl (C=O) groups is 1. The molecule has 11 heteroatoms. The second-order valence-corrected chi connectivity index (χ2v) is 12.9. The maximum Gasteiger partial charge on any atom is 0.243 e. The number of nitrogens with zero attached hydrogens (tertiary/aromatic N) is 3. The maximum atomic E-state index is 12.8. The molecule has 2 aromatic rings. The minimum atomic E-state index is -3.55. The highest BCUT2D eigenvalue weighted by Crippen LogP contribution is 2.22. The third kappa shape index (κ3) is 6.10. The number of carbonyl (C=O) groups excluding carboxylic acids is 1. The van der Waals surface area contributed by atoms with Gasteiger partial charge in [0.2, 0.25) is 26.0 Å². The Morgan fingerprint density at radius 1 is 0.743 bits per heavy atom. The Labute approximate surface area is 207 Å². The third-order valence-electron chi connectivity index (χ3n) is 6.50. The minimum Gasteiger partial charge on any atom is -0.326 e. The van der Waals surface area contributed by atoms with Gasteiger partial charge in [0.15, 0.2) is 0 Å². The van der Waals surface area contributed by atoms with Gasteiger partial charge in [0, 0.05) is 51.4 Å². The van der Waals surface area contributed by atoms with Crippen molar-refractivity contribution in [3.63, 3.8) is 0 Å². The molecule has 0 atom stereocenters. The number of piperazine rings is 1. The van der Waals surface area contributed by atoms with Crippen LogP contribution in [0.1, 0.15) is 24.8 Å². The highest BCUT2D eigenvalue weighted by Gasteiger charge is 2.28. The molecule has 9 nitrogen and oxygen atoms in total. The van der Waals surface area contributed by atoms with E-state index in [0.29, 0.717) is 51.4 Å². The zero-order valence-electron chi connectivity index (χ0n) is 19.9. The molecular formula is C24H32N4O5S2. The lowest BCUT2D eigenvalue weighted by molar-refractivity contribution is -0.116. The van der Waals surface area contributed by atoms with Crippen molar-refractivity contribution in [2.24, 2.45) is 0 Å². The van der Waals surface area contributed by atoms with Crippen molar-refractivity contribution < 1.29 is 21.6 Å². The van der Waals surface area contributed by atoms with E-state index < -0.39 is 20.0 Å². The summed E-state index contributed by atoms with van der Waals surface area (Å²) in [5, 5.41) is 2.79. The summed E-state index contributed by atoms with van der Waals surface area (Å²) in [4.78, 5) is 15.0. The van der Waals surface area contributed by atoms with Gasteiger partial charge in [0.1, 0.15) is 0 Å². The Hall–Kier alpha value is -2.31. The van der Waals surface area contributed by atoms with Crippen LogP contribution in [0, 0.1) is 0 Å². The van der Waals surface area contributed by atoms with E-state index in [9.17, 15) is 21.6 Å². The topological polar surface area (TPSA) is 107 Å². The summed E-state index contributed by atoms with van der Waals surface area (Å²) in [5.74, 6) is -0.201. The lowest BCUT2D eigenvalue weighted by Crippen LogP contribution is -2.46. The molecule has 2 aliphatic rings. The van der Waals surface area contributed by atoms with E-state index in [0.717, 1.165) is 18.4 Å². The van der Waals surface area contributed by atoms with Crippen LogP contribution >= 0.6 is 0 Å². The molecule has 0 aliphatic carbocycles. The minimum absolute atomic E-state index is 0.201. The van der Waals surface area contributed by atoms with Gasteiger partial charge >= 0.3 is 0 Å². The van der Waals surface area contributed by atoms with Gasteiger partial charge in [0.25, 0.3) is 0 Å². The Morgan fingerprint density at radius 3 is 1.77 bits per heavy atom. The second-order valence-electron chi connectivity index (χ2n) is 9.04. The summed E-state index contributed by atoms with van der Waals surface area (Å²) >= 11 is 0. The lowest BCUT2D eigenvalue weighted by Gasteiger charge is -2.31. The Bertz CT molecular complexity index is 1230. The van der Waals surface area contributed by atoms with E-state index in [4.69, 9.17) is 0 Å². The first-order valence-electron chi connectivity index (χ1n) is 11.8. The first kappa shape index (κ1) is 25.8. The zero-order chi connectivity index (χ0) is 25.1. The van der Waals surface area contributed by atoms with E-state index in [1.54, 1.807) is 36.4 Å². The van der Waals surface area contributed by atoms with E-state index in [-0.39, 0.29) is 22.1 Å². The van der Waals surface area contributed by atoms with Crippen LogP contribution in [0.3, 0.4) is 0 Å². The molecule has 0 aromatic heterocycles. The normalized spacial score (nSPS) is 18.5. The fourth-order valence-electron chi connectivity index (χ4n) is 4.27. The summed E-state index contributed by atoms with van der Waals surface area (Å²) in [6.45, 7) is 3.44. The number of nitrogens with one attached hydrogen (secondary N) is 1. The molecule has 0 spiro atoms. The molecule has 2 heterocycles. The summed E-state index contributed by atoms with van der Waals surface area (Å²) in [6, 6.07) is 12.9. The van der Waals surface area contributed by atoms with Crippen LogP contribution in [-0.4, -0.2) is 82.6 Å². The Kier molecular flexibility index (Phi) is 7.92. The van der Waals surface area contributed by atoms with Crippen molar-refractivity contribution in [2.75, 3.05) is 51.6 Å². The van der Waals surface area contributed by atoms with Crippen LogP contribution in [0.25, 0.3) is 0 Å². The highest BCUT2D eigenvalue weighted by atomic mass is 32.2. The molecular weight excluding hydrogens is 488 g/mol. The smallest absolute Gasteiger partial charge is 0.243 e. The largest absolute Gasteiger partial charge is 0.326 e. The molecule has 1 amide bonds. The number of amides is 1. The monoisotopic (exact) mass is 520 g/mol. The van der Waals surface area contributed by atoms with Crippen molar-refractivity contribution in [2.45, 2.75) is 35.5 Å². The van der Waals surface area contributed by atoms with Gasteiger partial charge in [0.05, 0.1) is 9.79 Å².